The zero-order valence-electron chi connectivity index (χ0n) is 19.8. The van der Waals surface area contributed by atoms with E-state index in [2.05, 4.69) is 46.4 Å². The second-order valence-electron chi connectivity index (χ2n) is 9.34. The number of fused-ring (bicyclic) bond motifs is 1. The lowest BCUT2D eigenvalue weighted by molar-refractivity contribution is -0.119. The summed E-state index contributed by atoms with van der Waals surface area (Å²) in [6, 6.07) is 16.4. The Kier molecular flexibility index (Phi) is 7.78. The summed E-state index contributed by atoms with van der Waals surface area (Å²) in [5, 5.41) is 6.11. The zero-order chi connectivity index (χ0) is 23.2. The molecule has 176 valence electrons. The van der Waals surface area contributed by atoms with Gasteiger partial charge in [-0.25, -0.2) is 0 Å². The van der Waals surface area contributed by atoms with E-state index in [9.17, 15) is 9.59 Å². The second-order valence-corrected chi connectivity index (χ2v) is 9.34. The van der Waals surface area contributed by atoms with E-state index >= 15 is 0 Å². The highest BCUT2D eigenvalue weighted by Crippen LogP contribution is 2.30. The van der Waals surface area contributed by atoms with Gasteiger partial charge >= 0.3 is 0 Å². The molecule has 6 heteroatoms. The Labute approximate surface area is 197 Å². The lowest BCUT2D eigenvalue weighted by atomic mass is 9.92. The third-order valence-corrected chi connectivity index (χ3v) is 6.92. The van der Waals surface area contributed by atoms with Crippen LogP contribution in [0.25, 0.3) is 0 Å². The number of piperidine rings is 1. The van der Waals surface area contributed by atoms with Crippen molar-refractivity contribution in [1.29, 1.82) is 0 Å². The van der Waals surface area contributed by atoms with Gasteiger partial charge in [0.25, 0.3) is 0 Å². The van der Waals surface area contributed by atoms with Gasteiger partial charge in [-0.15, -0.1) is 0 Å². The second kappa shape index (κ2) is 10.9. The summed E-state index contributed by atoms with van der Waals surface area (Å²) in [7, 11) is 0. The monoisotopic (exact) mass is 448 g/mol. The number of carbonyl (C=O) groups excluding carboxylic acids is 2. The van der Waals surface area contributed by atoms with E-state index in [-0.39, 0.29) is 11.8 Å². The molecule has 0 unspecified atom stereocenters. The molecule has 0 aliphatic carbocycles. The maximum Gasteiger partial charge on any atom is 0.238 e. The van der Waals surface area contributed by atoms with Crippen molar-refractivity contribution in [3.8, 4) is 0 Å². The summed E-state index contributed by atoms with van der Waals surface area (Å²) in [5.41, 5.74) is 4.17. The Morgan fingerprint density at radius 1 is 0.879 bits per heavy atom. The molecule has 2 saturated heterocycles. The molecule has 0 spiro atoms. The van der Waals surface area contributed by atoms with Crippen LogP contribution >= 0.6 is 0 Å². The first-order chi connectivity index (χ1) is 16.0. The summed E-state index contributed by atoms with van der Waals surface area (Å²) in [4.78, 5) is 30.0. The fourth-order valence-corrected chi connectivity index (χ4v) is 5.21. The maximum absolute atomic E-state index is 12.8. The molecule has 2 amide bonds. The summed E-state index contributed by atoms with van der Waals surface area (Å²) in [6.45, 7) is 7.72. The molecule has 2 aromatic rings. The molecule has 2 N–H and O–H groups in total. The largest absolute Gasteiger partial charge is 0.325 e. The molecule has 2 atom stereocenters. The lowest BCUT2D eigenvalue weighted by Crippen LogP contribution is -2.48. The predicted molar refractivity (Wildman–Crippen MR) is 133 cm³/mol. The minimum absolute atomic E-state index is 0.0296. The Morgan fingerprint density at radius 3 is 2.09 bits per heavy atom. The van der Waals surface area contributed by atoms with Crippen LogP contribution in [-0.2, 0) is 22.4 Å². The van der Waals surface area contributed by atoms with E-state index in [1.807, 2.05) is 36.4 Å². The van der Waals surface area contributed by atoms with E-state index in [1.54, 1.807) is 0 Å². The highest BCUT2D eigenvalue weighted by Gasteiger charge is 2.39. The first-order valence-corrected chi connectivity index (χ1v) is 12.3. The van der Waals surface area contributed by atoms with Gasteiger partial charge in [0.2, 0.25) is 11.8 Å². The van der Waals surface area contributed by atoms with Gasteiger partial charge in [-0.1, -0.05) is 38.1 Å². The molecule has 33 heavy (non-hydrogen) atoms. The van der Waals surface area contributed by atoms with Gasteiger partial charge in [0.05, 0.1) is 13.1 Å². The number of amides is 2. The van der Waals surface area contributed by atoms with E-state index in [1.165, 1.54) is 11.1 Å². The maximum atomic E-state index is 12.8. The minimum Gasteiger partial charge on any atom is -0.325 e. The molecule has 0 bridgehead atoms. The number of carbonyl (C=O) groups is 2. The van der Waals surface area contributed by atoms with Crippen LogP contribution < -0.4 is 10.6 Å². The number of nitrogens with zero attached hydrogens (tertiary/aromatic N) is 2. The Balaban J connectivity index is 1.30. The number of nitrogens with one attached hydrogen (secondary N) is 2. The van der Waals surface area contributed by atoms with Crippen LogP contribution in [0, 0.1) is 5.92 Å². The van der Waals surface area contributed by atoms with Crippen molar-refractivity contribution in [3.63, 3.8) is 0 Å². The smallest absolute Gasteiger partial charge is 0.238 e. The van der Waals surface area contributed by atoms with Gasteiger partial charge in [0.15, 0.2) is 0 Å². The van der Waals surface area contributed by atoms with Crippen LogP contribution in [0.4, 0.5) is 11.4 Å². The number of rotatable bonds is 8. The minimum atomic E-state index is 0.0296. The molecule has 2 fully saturated rings. The number of aryl methyl sites for hydroxylation is 2. The van der Waals surface area contributed by atoms with Crippen LogP contribution in [0.3, 0.4) is 0 Å². The highest BCUT2D eigenvalue weighted by molar-refractivity contribution is 5.93. The van der Waals surface area contributed by atoms with Crippen molar-refractivity contribution in [3.05, 3.63) is 59.7 Å². The molecule has 4 rings (SSSR count). The molecule has 2 heterocycles. The number of benzene rings is 2. The van der Waals surface area contributed by atoms with Gasteiger partial charge in [0.1, 0.15) is 0 Å². The molecule has 2 aromatic carbocycles. The summed E-state index contributed by atoms with van der Waals surface area (Å²) in [6.07, 6.45) is 4.17. The van der Waals surface area contributed by atoms with Crippen molar-refractivity contribution in [1.82, 2.24) is 9.80 Å². The topological polar surface area (TPSA) is 64.7 Å². The van der Waals surface area contributed by atoms with Crippen LogP contribution in [0.2, 0.25) is 0 Å². The summed E-state index contributed by atoms with van der Waals surface area (Å²) in [5.74, 6) is 0.587. The van der Waals surface area contributed by atoms with Gasteiger partial charge in [-0.2, -0.15) is 0 Å². The first-order valence-electron chi connectivity index (χ1n) is 12.3. The van der Waals surface area contributed by atoms with Crippen LogP contribution in [0.5, 0.6) is 0 Å². The first kappa shape index (κ1) is 23.5. The Bertz CT molecular complexity index is 976. The van der Waals surface area contributed by atoms with Crippen molar-refractivity contribution < 1.29 is 9.59 Å². The Hall–Kier alpha value is -2.70. The number of likely N-dealkylation sites (tertiary alicyclic amines) is 2. The molecule has 6 nitrogen and oxygen atoms in total. The Morgan fingerprint density at radius 2 is 1.48 bits per heavy atom. The summed E-state index contributed by atoms with van der Waals surface area (Å²) < 4.78 is 0. The molecule has 0 saturated carbocycles. The van der Waals surface area contributed by atoms with Crippen molar-refractivity contribution in [2.75, 3.05) is 43.4 Å². The molecular weight excluding hydrogens is 412 g/mol. The van der Waals surface area contributed by atoms with E-state index < -0.39 is 0 Å². The quantitative estimate of drug-likeness (QED) is 0.645. The van der Waals surface area contributed by atoms with Gasteiger partial charge < -0.3 is 10.6 Å². The molecule has 2 aliphatic rings. The van der Waals surface area contributed by atoms with Crippen molar-refractivity contribution in [2.24, 2.45) is 5.92 Å². The molecule has 0 aromatic heterocycles. The third kappa shape index (κ3) is 6.21. The third-order valence-electron chi connectivity index (χ3n) is 6.92. The van der Waals surface area contributed by atoms with Crippen LogP contribution in [0.1, 0.15) is 37.8 Å². The fraction of sp³-hybridized carbons (Fsp3) is 0.481. The average molecular weight is 449 g/mol. The molecular formula is C27H36N4O2. The van der Waals surface area contributed by atoms with Crippen LogP contribution in [-0.4, -0.2) is 60.4 Å². The van der Waals surface area contributed by atoms with Crippen molar-refractivity contribution in [2.45, 2.75) is 45.6 Å². The number of hydrogen-bond acceptors (Lipinski definition) is 4. The van der Waals surface area contributed by atoms with Gasteiger partial charge in [-0.05, 0) is 73.5 Å². The molecule has 0 radical (unpaired) electrons. The SMILES string of the molecule is CCc1cccc(NC(=O)CN2C[C@@H]3CCCN(CC(=O)Nc4cccc(CC)c4)[C@@H]3C2)c1. The lowest BCUT2D eigenvalue weighted by Gasteiger charge is -2.36. The highest BCUT2D eigenvalue weighted by atomic mass is 16.2. The number of anilines is 2. The summed E-state index contributed by atoms with van der Waals surface area (Å²) >= 11 is 0. The standard InChI is InChI=1S/C27H36N4O2/c1-3-20-8-5-11-23(14-20)28-26(32)18-30-16-22-10-7-13-31(25(22)17-30)19-27(33)29-24-12-6-9-21(4-2)15-24/h5-6,8-9,11-12,14-15,22,25H,3-4,7,10,13,16-19H2,1-2H3,(H,28,32)(H,29,33)/t22-,25+/m0/s1. The zero-order valence-corrected chi connectivity index (χ0v) is 19.8. The number of hydrogen-bond donors (Lipinski definition) is 2. The normalized spacial score (nSPS) is 20.9. The predicted octanol–water partition coefficient (Wildman–Crippen LogP) is 3.78. The van der Waals surface area contributed by atoms with Crippen molar-refractivity contribution >= 4 is 23.2 Å². The van der Waals surface area contributed by atoms with E-state index in [0.29, 0.717) is 25.0 Å². The van der Waals surface area contributed by atoms with Crippen LogP contribution in [0.15, 0.2) is 48.5 Å². The van der Waals surface area contributed by atoms with Gasteiger partial charge in [0, 0.05) is 30.5 Å². The van der Waals surface area contributed by atoms with Gasteiger partial charge in [-0.3, -0.25) is 19.4 Å². The van der Waals surface area contributed by atoms with E-state index in [4.69, 9.17) is 0 Å². The molecule has 2 aliphatic heterocycles. The fourth-order valence-electron chi connectivity index (χ4n) is 5.21. The van der Waals surface area contributed by atoms with E-state index in [0.717, 1.165) is 56.7 Å². The average Bonchev–Trinajstić information content (AvgIpc) is 3.22.